The van der Waals surface area contributed by atoms with E-state index in [1.165, 1.54) is 32.1 Å². The van der Waals surface area contributed by atoms with Gasteiger partial charge in [0.25, 0.3) is 0 Å². The summed E-state index contributed by atoms with van der Waals surface area (Å²) in [6, 6.07) is 0. The zero-order valence-electron chi connectivity index (χ0n) is 7.37. The van der Waals surface area contributed by atoms with E-state index in [-0.39, 0.29) is 0 Å². The molecule has 68 valence electrons. The van der Waals surface area contributed by atoms with Gasteiger partial charge in [-0.15, -0.1) is 0 Å². The fraction of sp³-hybridized carbons (Fsp3) is 1.00. The van der Waals surface area contributed by atoms with Crippen LogP contribution in [-0.2, 0) is 9.47 Å². The van der Waals surface area contributed by atoms with Crippen LogP contribution >= 0.6 is 0 Å². The van der Waals surface area contributed by atoms with Crippen molar-refractivity contribution in [3.05, 3.63) is 0 Å². The summed E-state index contributed by atoms with van der Waals surface area (Å²) in [4.78, 5) is 0. The SMILES string of the molecule is C1OC2CC3CC(C2)CC(C3)O1. The van der Waals surface area contributed by atoms with Crippen molar-refractivity contribution < 1.29 is 9.47 Å². The highest BCUT2D eigenvalue weighted by Gasteiger charge is 2.38. The minimum absolute atomic E-state index is 0.523. The number of rotatable bonds is 0. The van der Waals surface area contributed by atoms with Gasteiger partial charge >= 0.3 is 0 Å². The Morgan fingerprint density at radius 2 is 1.17 bits per heavy atom. The zero-order chi connectivity index (χ0) is 7.97. The molecule has 2 aliphatic heterocycles. The first kappa shape index (κ1) is 7.34. The van der Waals surface area contributed by atoms with Crippen molar-refractivity contribution in [3.63, 3.8) is 0 Å². The van der Waals surface area contributed by atoms with Gasteiger partial charge in [0.15, 0.2) is 0 Å². The molecule has 0 atom stereocenters. The largest absolute Gasteiger partial charge is 0.352 e. The molecule has 2 saturated carbocycles. The molecule has 4 aliphatic rings. The van der Waals surface area contributed by atoms with Crippen LogP contribution in [0, 0.1) is 11.8 Å². The number of fused-ring (bicyclic) bond motifs is 2. The average molecular weight is 168 g/mol. The van der Waals surface area contributed by atoms with Crippen molar-refractivity contribution in [2.75, 3.05) is 6.79 Å². The van der Waals surface area contributed by atoms with Gasteiger partial charge in [0.1, 0.15) is 6.79 Å². The van der Waals surface area contributed by atoms with Gasteiger partial charge in [-0.3, -0.25) is 0 Å². The Balaban J connectivity index is 1.83. The predicted molar refractivity (Wildman–Crippen MR) is 44.7 cm³/mol. The van der Waals surface area contributed by atoms with E-state index in [0.29, 0.717) is 19.0 Å². The summed E-state index contributed by atoms with van der Waals surface area (Å²) >= 11 is 0. The molecular formula is C10H16O2. The molecule has 0 N–H and O–H groups in total. The van der Waals surface area contributed by atoms with E-state index in [1.54, 1.807) is 0 Å². The first-order chi connectivity index (χ1) is 5.90. The van der Waals surface area contributed by atoms with E-state index in [2.05, 4.69) is 0 Å². The summed E-state index contributed by atoms with van der Waals surface area (Å²) in [5.41, 5.74) is 0. The van der Waals surface area contributed by atoms with E-state index >= 15 is 0 Å². The topological polar surface area (TPSA) is 18.5 Å². The molecule has 4 fully saturated rings. The highest BCUT2D eigenvalue weighted by Crippen LogP contribution is 2.43. The second-order valence-corrected chi connectivity index (χ2v) is 4.61. The van der Waals surface area contributed by atoms with E-state index in [9.17, 15) is 0 Å². The maximum Gasteiger partial charge on any atom is 0.147 e. The minimum Gasteiger partial charge on any atom is -0.352 e. The fourth-order valence-electron chi connectivity index (χ4n) is 3.23. The van der Waals surface area contributed by atoms with Gasteiger partial charge in [-0.2, -0.15) is 0 Å². The number of ether oxygens (including phenoxy) is 2. The van der Waals surface area contributed by atoms with Crippen LogP contribution in [0.15, 0.2) is 0 Å². The van der Waals surface area contributed by atoms with Gasteiger partial charge in [0.05, 0.1) is 12.2 Å². The van der Waals surface area contributed by atoms with Crippen molar-refractivity contribution >= 4 is 0 Å². The molecule has 2 nitrogen and oxygen atoms in total. The summed E-state index contributed by atoms with van der Waals surface area (Å²) in [6.45, 7) is 0.550. The molecule has 2 aliphatic carbocycles. The van der Waals surface area contributed by atoms with Crippen molar-refractivity contribution in [2.45, 2.75) is 44.3 Å². The Bertz CT molecular complexity index is 147. The lowest BCUT2D eigenvalue weighted by molar-refractivity contribution is -0.186. The second kappa shape index (κ2) is 2.71. The molecule has 12 heavy (non-hydrogen) atoms. The van der Waals surface area contributed by atoms with Crippen LogP contribution in [0.25, 0.3) is 0 Å². The lowest BCUT2D eigenvalue weighted by Crippen LogP contribution is -2.41. The average Bonchev–Trinajstić information content (AvgIpc) is 1.99. The smallest absolute Gasteiger partial charge is 0.147 e. The van der Waals surface area contributed by atoms with Gasteiger partial charge in [-0.25, -0.2) is 0 Å². The van der Waals surface area contributed by atoms with Crippen LogP contribution in [0.3, 0.4) is 0 Å². The van der Waals surface area contributed by atoms with E-state index < -0.39 is 0 Å². The maximum atomic E-state index is 5.63. The molecule has 2 saturated heterocycles. The lowest BCUT2D eigenvalue weighted by Gasteiger charge is -2.44. The maximum absolute atomic E-state index is 5.63. The molecule has 0 radical (unpaired) electrons. The van der Waals surface area contributed by atoms with Gasteiger partial charge in [-0.05, 0) is 43.9 Å². The van der Waals surface area contributed by atoms with Gasteiger partial charge in [0.2, 0.25) is 0 Å². The highest BCUT2D eigenvalue weighted by atomic mass is 16.7. The standard InChI is InChI=1S/C10H16O2/c1-7-2-9-4-8(1)5-10(3-7)12-6-11-9/h7-10H,1-6H2. The van der Waals surface area contributed by atoms with E-state index in [0.717, 1.165) is 11.8 Å². The third-order valence-electron chi connectivity index (χ3n) is 3.66. The minimum atomic E-state index is 0.523. The molecule has 0 aromatic heterocycles. The van der Waals surface area contributed by atoms with Crippen LogP contribution in [0.2, 0.25) is 0 Å². The molecule has 4 bridgehead atoms. The predicted octanol–water partition coefficient (Wildman–Crippen LogP) is 1.94. The molecule has 0 aromatic rings. The van der Waals surface area contributed by atoms with Crippen LogP contribution in [0.1, 0.15) is 32.1 Å². The Kier molecular flexibility index (Phi) is 1.66. The number of hydrogen-bond donors (Lipinski definition) is 0. The molecular weight excluding hydrogens is 152 g/mol. The summed E-state index contributed by atoms with van der Waals surface area (Å²) in [5.74, 6) is 1.82. The summed E-state index contributed by atoms with van der Waals surface area (Å²) in [5, 5.41) is 0. The highest BCUT2D eigenvalue weighted by molar-refractivity contribution is 4.88. The quantitative estimate of drug-likeness (QED) is 0.550. The van der Waals surface area contributed by atoms with Crippen molar-refractivity contribution in [1.29, 1.82) is 0 Å². The Labute approximate surface area is 73.2 Å². The molecule has 2 heteroatoms. The van der Waals surface area contributed by atoms with Crippen molar-refractivity contribution in [2.24, 2.45) is 11.8 Å². The second-order valence-electron chi connectivity index (χ2n) is 4.61. The third kappa shape index (κ3) is 1.17. The summed E-state index contributed by atoms with van der Waals surface area (Å²) in [6.07, 6.45) is 7.70. The summed E-state index contributed by atoms with van der Waals surface area (Å²) in [7, 11) is 0. The van der Waals surface area contributed by atoms with Gasteiger partial charge in [0, 0.05) is 0 Å². The van der Waals surface area contributed by atoms with Gasteiger partial charge in [-0.1, -0.05) is 0 Å². The van der Waals surface area contributed by atoms with Crippen LogP contribution in [0.5, 0.6) is 0 Å². The number of hydrogen-bond acceptors (Lipinski definition) is 2. The molecule has 0 spiro atoms. The molecule has 2 heterocycles. The van der Waals surface area contributed by atoms with Crippen molar-refractivity contribution in [1.82, 2.24) is 0 Å². The lowest BCUT2D eigenvalue weighted by atomic mass is 9.70. The zero-order valence-corrected chi connectivity index (χ0v) is 7.37. The van der Waals surface area contributed by atoms with E-state index in [1.807, 2.05) is 0 Å². The molecule has 0 amide bonds. The fourth-order valence-corrected chi connectivity index (χ4v) is 3.23. The van der Waals surface area contributed by atoms with Crippen molar-refractivity contribution in [3.8, 4) is 0 Å². The monoisotopic (exact) mass is 168 g/mol. The Morgan fingerprint density at radius 1 is 0.667 bits per heavy atom. The Morgan fingerprint density at radius 3 is 1.67 bits per heavy atom. The van der Waals surface area contributed by atoms with Gasteiger partial charge < -0.3 is 9.47 Å². The normalized spacial score (nSPS) is 52.0. The molecule has 4 rings (SSSR count). The first-order valence-corrected chi connectivity index (χ1v) is 5.13. The van der Waals surface area contributed by atoms with Crippen LogP contribution in [-0.4, -0.2) is 19.0 Å². The third-order valence-corrected chi connectivity index (χ3v) is 3.66. The van der Waals surface area contributed by atoms with Crippen LogP contribution < -0.4 is 0 Å². The Hall–Kier alpha value is -0.0800. The van der Waals surface area contributed by atoms with E-state index in [4.69, 9.17) is 9.47 Å². The first-order valence-electron chi connectivity index (χ1n) is 5.13. The molecule has 0 aromatic carbocycles. The summed E-state index contributed by atoms with van der Waals surface area (Å²) < 4.78 is 11.3. The van der Waals surface area contributed by atoms with Crippen LogP contribution in [0.4, 0.5) is 0 Å². The molecule has 0 unspecified atom stereocenters.